The van der Waals surface area contributed by atoms with Crippen LogP contribution in [0.3, 0.4) is 0 Å². The molecule has 21 heavy (non-hydrogen) atoms. The Morgan fingerprint density at radius 2 is 1.95 bits per heavy atom. The second kappa shape index (κ2) is 5.97. The lowest BCUT2D eigenvalue weighted by atomic mass is 10.0. The molecule has 1 unspecified atom stereocenters. The molecule has 1 fully saturated rings. The summed E-state index contributed by atoms with van der Waals surface area (Å²) >= 11 is 0. The van der Waals surface area contributed by atoms with Crippen molar-refractivity contribution in [1.29, 1.82) is 0 Å². The summed E-state index contributed by atoms with van der Waals surface area (Å²) in [5.41, 5.74) is 1.92. The highest BCUT2D eigenvalue weighted by atomic mass is 16.5. The molecule has 0 amide bonds. The summed E-state index contributed by atoms with van der Waals surface area (Å²) in [4.78, 5) is 11.5. The van der Waals surface area contributed by atoms with Gasteiger partial charge in [-0.1, -0.05) is 42.5 Å². The molecule has 1 aliphatic rings. The first-order valence-corrected chi connectivity index (χ1v) is 6.92. The number of benzene rings is 2. The Bertz CT molecular complexity index is 630. The second-order valence-electron chi connectivity index (χ2n) is 4.96. The normalized spacial score (nSPS) is 17.6. The van der Waals surface area contributed by atoms with Crippen LogP contribution in [0.4, 0.5) is 0 Å². The first-order chi connectivity index (χ1) is 10.3. The topological polar surface area (TPSA) is 55.8 Å². The van der Waals surface area contributed by atoms with E-state index in [4.69, 9.17) is 9.47 Å². The monoisotopic (exact) mass is 284 g/mol. The Morgan fingerprint density at radius 3 is 2.62 bits per heavy atom. The lowest BCUT2D eigenvalue weighted by Crippen LogP contribution is -2.18. The van der Waals surface area contributed by atoms with Gasteiger partial charge in [-0.25, -0.2) is 4.79 Å². The van der Waals surface area contributed by atoms with Gasteiger partial charge in [-0.3, -0.25) is 0 Å². The van der Waals surface area contributed by atoms with Crippen LogP contribution in [0.5, 0.6) is 5.75 Å². The molecule has 4 heteroatoms. The highest BCUT2D eigenvalue weighted by molar-refractivity contribution is 5.94. The number of carboxylic acids is 1. The molecule has 0 aliphatic carbocycles. The molecule has 4 nitrogen and oxygen atoms in total. The first kappa shape index (κ1) is 13.6. The van der Waals surface area contributed by atoms with Crippen LogP contribution in [-0.2, 0) is 4.74 Å². The van der Waals surface area contributed by atoms with Gasteiger partial charge in [-0.2, -0.15) is 0 Å². The summed E-state index contributed by atoms with van der Waals surface area (Å²) in [5.74, 6) is -0.562. The van der Waals surface area contributed by atoms with Crippen LogP contribution < -0.4 is 4.74 Å². The predicted molar refractivity (Wildman–Crippen MR) is 78.7 cm³/mol. The highest BCUT2D eigenvalue weighted by Crippen LogP contribution is 2.34. The third kappa shape index (κ3) is 2.90. The van der Waals surface area contributed by atoms with Crippen LogP contribution in [0.25, 0.3) is 11.1 Å². The predicted octanol–water partition coefficient (Wildman–Crippen LogP) is 3.22. The number of carboxylic acid groups (broad SMARTS) is 1. The third-order valence-electron chi connectivity index (χ3n) is 3.50. The van der Waals surface area contributed by atoms with Gasteiger partial charge in [-0.15, -0.1) is 0 Å². The Kier molecular flexibility index (Phi) is 3.88. The summed E-state index contributed by atoms with van der Waals surface area (Å²) < 4.78 is 11.3. The zero-order valence-electron chi connectivity index (χ0n) is 11.5. The smallest absolute Gasteiger partial charge is 0.339 e. The number of hydrogen-bond acceptors (Lipinski definition) is 3. The minimum Gasteiger partial charge on any atom is -0.486 e. The van der Waals surface area contributed by atoms with E-state index in [1.165, 1.54) is 0 Å². The molecule has 2 aromatic rings. The molecule has 1 atom stereocenters. The van der Waals surface area contributed by atoms with Gasteiger partial charge in [0, 0.05) is 12.0 Å². The van der Waals surface area contributed by atoms with Crippen molar-refractivity contribution in [3.05, 3.63) is 54.1 Å². The van der Waals surface area contributed by atoms with Crippen LogP contribution in [0.15, 0.2) is 48.5 Å². The number of carbonyl (C=O) groups is 1. The van der Waals surface area contributed by atoms with Gasteiger partial charge < -0.3 is 14.6 Å². The first-order valence-electron chi connectivity index (χ1n) is 6.92. The van der Waals surface area contributed by atoms with E-state index in [1.807, 2.05) is 36.4 Å². The lowest BCUT2D eigenvalue weighted by Gasteiger charge is -2.18. The molecule has 0 aromatic heterocycles. The van der Waals surface area contributed by atoms with Gasteiger partial charge in [0.1, 0.15) is 17.4 Å². The maximum atomic E-state index is 11.5. The molecule has 1 N–H and O–H groups in total. The molecule has 1 heterocycles. The van der Waals surface area contributed by atoms with E-state index in [9.17, 15) is 9.90 Å². The van der Waals surface area contributed by atoms with Crippen molar-refractivity contribution in [2.24, 2.45) is 0 Å². The summed E-state index contributed by atoms with van der Waals surface area (Å²) in [6, 6.07) is 14.8. The number of para-hydroxylation sites is 1. The lowest BCUT2D eigenvalue weighted by molar-refractivity contribution is 0.0687. The van der Waals surface area contributed by atoms with Crippen molar-refractivity contribution in [2.45, 2.75) is 12.5 Å². The zero-order valence-corrected chi connectivity index (χ0v) is 11.5. The fourth-order valence-corrected chi connectivity index (χ4v) is 2.45. The van der Waals surface area contributed by atoms with E-state index in [0.29, 0.717) is 19.0 Å². The number of hydrogen-bond donors (Lipinski definition) is 1. The van der Waals surface area contributed by atoms with E-state index < -0.39 is 5.97 Å². The summed E-state index contributed by atoms with van der Waals surface area (Å²) in [7, 11) is 0. The van der Waals surface area contributed by atoms with Crippen LogP contribution in [0.2, 0.25) is 0 Å². The van der Waals surface area contributed by atoms with Gasteiger partial charge in [0.25, 0.3) is 0 Å². The van der Waals surface area contributed by atoms with Crippen molar-refractivity contribution in [3.8, 4) is 16.9 Å². The van der Waals surface area contributed by atoms with Crippen molar-refractivity contribution in [1.82, 2.24) is 0 Å². The fraction of sp³-hybridized carbons (Fsp3) is 0.235. The van der Waals surface area contributed by atoms with E-state index >= 15 is 0 Å². The molecule has 108 valence electrons. The molecule has 1 aliphatic heterocycles. The maximum Gasteiger partial charge on any atom is 0.339 e. The number of aromatic carboxylic acids is 1. The minimum atomic E-state index is -0.985. The number of ether oxygens (including phenoxy) is 2. The number of rotatable bonds is 4. The molecule has 2 aromatic carbocycles. The SMILES string of the molecule is O=C(O)c1cccc(-c2ccccc2)c1OC1CCOC1. The molecule has 1 saturated heterocycles. The Morgan fingerprint density at radius 1 is 1.14 bits per heavy atom. The van der Waals surface area contributed by atoms with Crippen LogP contribution >= 0.6 is 0 Å². The van der Waals surface area contributed by atoms with E-state index in [0.717, 1.165) is 17.5 Å². The second-order valence-corrected chi connectivity index (χ2v) is 4.96. The quantitative estimate of drug-likeness (QED) is 0.936. The molecule has 3 rings (SSSR count). The molecular formula is C17H16O4. The van der Waals surface area contributed by atoms with Gasteiger partial charge in [0.05, 0.1) is 13.2 Å². The van der Waals surface area contributed by atoms with Crippen molar-refractivity contribution in [2.75, 3.05) is 13.2 Å². The minimum absolute atomic E-state index is 0.0898. The fourth-order valence-electron chi connectivity index (χ4n) is 2.45. The van der Waals surface area contributed by atoms with Crippen molar-refractivity contribution >= 4 is 5.97 Å². The average Bonchev–Trinajstić information content (AvgIpc) is 3.01. The van der Waals surface area contributed by atoms with Crippen LogP contribution in [0.1, 0.15) is 16.8 Å². The van der Waals surface area contributed by atoms with Gasteiger partial charge in [0.15, 0.2) is 0 Å². The van der Waals surface area contributed by atoms with E-state index in [2.05, 4.69) is 0 Å². The largest absolute Gasteiger partial charge is 0.486 e. The maximum absolute atomic E-state index is 11.5. The zero-order chi connectivity index (χ0) is 14.7. The van der Waals surface area contributed by atoms with Gasteiger partial charge in [0.2, 0.25) is 0 Å². The Balaban J connectivity index is 2.06. The highest BCUT2D eigenvalue weighted by Gasteiger charge is 2.23. The Hall–Kier alpha value is -2.33. The Labute approximate surface area is 122 Å². The molecule has 0 saturated carbocycles. The van der Waals surface area contributed by atoms with Crippen molar-refractivity contribution < 1.29 is 19.4 Å². The van der Waals surface area contributed by atoms with E-state index in [1.54, 1.807) is 12.1 Å². The van der Waals surface area contributed by atoms with Gasteiger partial charge >= 0.3 is 5.97 Å². The third-order valence-corrected chi connectivity index (χ3v) is 3.50. The van der Waals surface area contributed by atoms with Crippen LogP contribution in [0, 0.1) is 0 Å². The summed E-state index contributed by atoms with van der Waals surface area (Å²) in [6.45, 7) is 1.16. The summed E-state index contributed by atoms with van der Waals surface area (Å²) in [5, 5.41) is 9.40. The molecule has 0 bridgehead atoms. The summed E-state index contributed by atoms with van der Waals surface area (Å²) in [6.07, 6.45) is 0.690. The van der Waals surface area contributed by atoms with Crippen LogP contribution in [-0.4, -0.2) is 30.4 Å². The van der Waals surface area contributed by atoms with Gasteiger partial charge in [-0.05, 0) is 11.6 Å². The van der Waals surface area contributed by atoms with Crippen molar-refractivity contribution in [3.63, 3.8) is 0 Å². The standard InChI is InChI=1S/C17H16O4/c18-17(19)15-8-4-7-14(12-5-2-1-3-6-12)16(15)21-13-9-10-20-11-13/h1-8,13H,9-11H2,(H,18,19). The molecule has 0 spiro atoms. The molecular weight excluding hydrogens is 268 g/mol. The average molecular weight is 284 g/mol. The van der Waals surface area contributed by atoms with E-state index in [-0.39, 0.29) is 11.7 Å². The molecule has 0 radical (unpaired) electrons.